The topological polar surface area (TPSA) is 12.9 Å². The molecule has 0 bridgehead atoms. The number of rotatable bonds is 1. The molecule has 0 fully saturated rings. The van der Waals surface area contributed by atoms with Crippen molar-refractivity contribution in [2.24, 2.45) is 5.41 Å². The van der Waals surface area contributed by atoms with Crippen molar-refractivity contribution in [1.29, 1.82) is 0 Å². The molecular formula is C21H26FN. The van der Waals surface area contributed by atoms with Gasteiger partial charge in [-0.15, -0.1) is 0 Å². The number of fused-ring (bicyclic) bond motifs is 1. The third-order valence-corrected chi connectivity index (χ3v) is 6.84. The van der Waals surface area contributed by atoms with Crippen LogP contribution in [0.15, 0.2) is 30.5 Å². The molecule has 1 heterocycles. The van der Waals surface area contributed by atoms with Gasteiger partial charge in [0.1, 0.15) is 5.82 Å². The summed E-state index contributed by atoms with van der Waals surface area (Å²) < 4.78 is 13.2. The molecule has 2 heteroatoms. The minimum Gasteiger partial charge on any atom is -0.253 e. The first-order chi connectivity index (χ1) is 10.5. The summed E-state index contributed by atoms with van der Waals surface area (Å²) in [6.07, 6.45) is 1.29. The van der Waals surface area contributed by atoms with E-state index < -0.39 is 0 Å². The van der Waals surface area contributed by atoms with Gasteiger partial charge in [0.15, 0.2) is 0 Å². The molecule has 0 spiro atoms. The van der Waals surface area contributed by atoms with Crippen LogP contribution in [0, 0.1) is 18.2 Å². The predicted molar refractivity (Wildman–Crippen MR) is 94.2 cm³/mol. The van der Waals surface area contributed by atoms with Gasteiger partial charge < -0.3 is 0 Å². The lowest BCUT2D eigenvalue weighted by atomic mass is 9.59. The summed E-state index contributed by atoms with van der Waals surface area (Å²) in [6.45, 7) is 16.2. The maximum Gasteiger partial charge on any atom is 0.141 e. The van der Waals surface area contributed by atoms with Crippen LogP contribution >= 0.6 is 0 Å². The molecule has 0 atom stereocenters. The van der Waals surface area contributed by atoms with E-state index in [0.717, 1.165) is 11.3 Å². The molecule has 3 rings (SSSR count). The summed E-state index contributed by atoms with van der Waals surface area (Å²) in [5.41, 5.74) is 6.26. The van der Waals surface area contributed by atoms with Gasteiger partial charge >= 0.3 is 0 Å². The summed E-state index contributed by atoms with van der Waals surface area (Å²) in [6, 6.07) is 7.84. The van der Waals surface area contributed by atoms with Crippen molar-refractivity contribution in [3.8, 4) is 11.3 Å². The Kier molecular flexibility index (Phi) is 3.27. The van der Waals surface area contributed by atoms with E-state index in [-0.39, 0.29) is 22.1 Å². The van der Waals surface area contributed by atoms with E-state index in [1.54, 1.807) is 6.07 Å². The minimum absolute atomic E-state index is 0.0638. The number of aromatic nitrogens is 1. The fourth-order valence-electron chi connectivity index (χ4n) is 4.01. The quantitative estimate of drug-likeness (QED) is 0.649. The third-order valence-electron chi connectivity index (χ3n) is 6.84. The van der Waals surface area contributed by atoms with Crippen molar-refractivity contribution in [1.82, 2.24) is 4.98 Å². The molecule has 0 saturated carbocycles. The van der Waals surface area contributed by atoms with Gasteiger partial charge in [-0.1, -0.05) is 47.6 Å². The average Bonchev–Trinajstić information content (AvgIpc) is 2.56. The summed E-state index contributed by atoms with van der Waals surface area (Å²) in [5, 5.41) is 0. The Morgan fingerprint density at radius 3 is 1.96 bits per heavy atom. The Labute approximate surface area is 139 Å². The standard InChI is InChI=1S/C21H26FN/c1-13-10-16-17(20(4,5)21(6,7)19(16,2)3)11-15(13)18-9-8-14(22)12-23-18/h8-12H,1-7H3. The second-order valence-electron chi connectivity index (χ2n) is 8.45. The number of pyridine rings is 1. The molecule has 122 valence electrons. The Balaban J connectivity index is 2.26. The average molecular weight is 311 g/mol. The summed E-state index contributed by atoms with van der Waals surface area (Å²) >= 11 is 0. The highest BCUT2D eigenvalue weighted by Crippen LogP contribution is 2.62. The first-order valence-corrected chi connectivity index (χ1v) is 8.27. The largest absolute Gasteiger partial charge is 0.253 e. The fraction of sp³-hybridized carbons (Fsp3) is 0.476. The second kappa shape index (κ2) is 4.66. The molecule has 23 heavy (non-hydrogen) atoms. The number of nitrogens with zero attached hydrogens (tertiary/aromatic N) is 1. The van der Waals surface area contributed by atoms with Crippen LogP contribution in [0.25, 0.3) is 11.3 Å². The van der Waals surface area contributed by atoms with E-state index in [1.165, 1.54) is 29.0 Å². The maximum atomic E-state index is 13.2. The Hall–Kier alpha value is -1.70. The molecule has 2 aromatic rings. The summed E-state index contributed by atoms with van der Waals surface area (Å²) in [5.74, 6) is -0.296. The maximum absolute atomic E-state index is 13.2. The van der Waals surface area contributed by atoms with Gasteiger partial charge in [-0.25, -0.2) is 4.39 Å². The van der Waals surface area contributed by atoms with Crippen LogP contribution in [0.4, 0.5) is 4.39 Å². The van der Waals surface area contributed by atoms with Gasteiger partial charge in [0.2, 0.25) is 0 Å². The van der Waals surface area contributed by atoms with Crippen LogP contribution in [-0.4, -0.2) is 4.98 Å². The lowest BCUT2D eigenvalue weighted by molar-refractivity contribution is 0.125. The highest BCUT2D eigenvalue weighted by Gasteiger charge is 2.56. The van der Waals surface area contributed by atoms with Gasteiger partial charge in [-0.05, 0) is 58.1 Å². The zero-order chi connectivity index (χ0) is 17.2. The highest BCUT2D eigenvalue weighted by molar-refractivity contribution is 5.68. The van der Waals surface area contributed by atoms with Crippen LogP contribution in [0.2, 0.25) is 0 Å². The Bertz CT molecular complexity index is 767. The van der Waals surface area contributed by atoms with Crippen LogP contribution in [0.3, 0.4) is 0 Å². The molecule has 1 aromatic heterocycles. The van der Waals surface area contributed by atoms with Crippen molar-refractivity contribution in [2.75, 3.05) is 0 Å². The Morgan fingerprint density at radius 1 is 0.870 bits per heavy atom. The van der Waals surface area contributed by atoms with Gasteiger partial charge in [0.25, 0.3) is 0 Å². The SMILES string of the molecule is Cc1cc2c(cc1-c1ccc(F)cn1)C(C)(C)C(C)(C)C2(C)C. The van der Waals surface area contributed by atoms with Crippen molar-refractivity contribution in [3.63, 3.8) is 0 Å². The van der Waals surface area contributed by atoms with Crippen molar-refractivity contribution in [2.45, 2.75) is 59.3 Å². The zero-order valence-corrected chi connectivity index (χ0v) is 15.2. The normalized spacial score (nSPS) is 20.3. The lowest BCUT2D eigenvalue weighted by Gasteiger charge is -2.44. The first-order valence-electron chi connectivity index (χ1n) is 8.27. The molecule has 0 radical (unpaired) electrons. The summed E-state index contributed by atoms with van der Waals surface area (Å²) in [7, 11) is 0. The number of benzene rings is 1. The zero-order valence-electron chi connectivity index (χ0n) is 15.2. The molecule has 0 N–H and O–H groups in total. The molecule has 0 aliphatic heterocycles. The van der Waals surface area contributed by atoms with Crippen LogP contribution in [-0.2, 0) is 10.8 Å². The predicted octanol–water partition coefficient (Wildman–Crippen LogP) is 5.79. The first kappa shape index (κ1) is 16.2. The highest BCUT2D eigenvalue weighted by atomic mass is 19.1. The van der Waals surface area contributed by atoms with Crippen LogP contribution < -0.4 is 0 Å². The number of aryl methyl sites for hydroxylation is 1. The van der Waals surface area contributed by atoms with Gasteiger partial charge in [-0.3, -0.25) is 4.98 Å². The molecule has 1 aromatic carbocycles. The third kappa shape index (κ3) is 2.00. The molecular weight excluding hydrogens is 285 g/mol. The van der Waals surface area contributed by atoms with E-state index in [4.69, 9.17) is 0 Å². The van der Waals surface area contributed by atoms with Gasteiger partial charge in [0, 0.05) is 5.56 Å². The number of hydrogen-bond donors (Lipinski definition) is 0. The van der Waals surface area contributed by atoms with Crippen molar-refractivity contribution < 1.29 is 4.39 Å². The van der Waals surface area contributed by atoms with E-state index in [0.29, 0.717) is 0 Å². The molecule has 1 aliphatic rings. The van der Waals surface area contributed by atoms with Crippen LogP contribution in [0.5, 0.6) is 0 Å². The van der Waals surface area contributed by atoms with E-state index in [9.17, 15) is 4.39 Å². The molecule has 1 aliphatic carbocycles. The van der Waals surface area contributed by atoms with Gasteiger partial charge in [-0.2, -0.15) is 0 Å². The van der Waals surface area contributed by atoms with E-state index in [2.05, 4.69) is 65.6 Å². The van der Waals surface area contributed by atoms with Gasteiger partial charge in [0.05, 0.1) is 11.9 Å². The molecule has 0 amide bonds. The van der Waals surface area contributed by atoms with Crippen LogP contribution in [0.1, 0.15) is 58.2 Å². The van der Waals surface area contributed by atoms with Crippen molar-refractivity contribution in [3.05, 3.63) is 53.0 Å². The summed E-state index contributed by atoms with van der Waals surface area (Å²) in [4.78, 5) is 4.28. The molecule has 1 nitrogen and oxygen atoms in total. The minimum atomic E-state index is -0.296. The van der Waals surface area contributed by atoms with E-state index >= 15 is 0 Å². The van der Waals surface area contributed by atoms with Crippen molar-refractivity contribution >= 4 is 0 Å². The monoisotopic (exact) mass is 311 g/mol. The molecule has 0 unspecified atom stereocenters. The molecule has 0 saturated heterocycles. The number of halogens is 1. The lowest BCUT2D eigenvalue weighted by Crippen LogP contribution is -2.42. The second-order valence-corrected chi connectivity index (χ2v) is 8.45. The van der Waals surface area contributed by atoms with E-state index in [1.807, 2.05) is 0 Å². The smallest absolute Gasteiger partial charge is 0.141 e. The number of hydrogen-bond acceptors (Lipinski definition) is 1. The fourth-order valence-corrected chi connectivity index (χ4v) is 4.01. The Morgan fingerprint density at radius 2 is 1.43 bits per heavy atom.